The van der Waals surface area contributed by atoms with Crippen molar-refractivity contribution in [1.82, 2.24) is 4.90 Å². The molecule has 1 aromatic carbocycles. The van der Waals surface area contributed by atoms with E-state index in [2.05, 4.69) is 10.2 Å². The van der Waals surface area contributed by atoms with Gasteiger partial charge < -0.3 is 25.8 Å². The number of nitrogens with zero attached hydrogens (tertiary/aromatic N) is 1. The lowest BCUT2D eigenvalue weighted by Crippen LogP contribution is -2.43. The summed E-state index contributed by atoms with van der Waals surface area (Å²) in [6, 6.07) is 2.93. The summed E-state index contributed by atoms with van der Waals surface area (Å²) in [5.74, 6) is -1.07. The van der Waals surface area contributed by atoms with Crippen LogP contribution in [0.4, 0.5) is 11.4 Å². The van der Waals surface area contributed by atoms with Crippen LogP contribution in [0, 0.1) is 0 Å². The number of aromatic carboxylic acids is 1. The van der Waals surface area contributed by atoms with E-state index in [4.69, 9.17) is 22.1 Å². The monoisotopic (exact) mass is 299 g/mol. The molecule has 0 aromatic heterocycles. The van der Waals surface area contributed by atoms with Crippen LogP contribution in [0.3, 0.4) is 0 Å². The largest absolute Gasteiger partial charge is 0.478 e. The molecule has 4 N–H and O–H groups in total. The zero-order valence-electron chi connectivity index (χ0n) is 11.2. The summed E-state index contributed by atoms with van der Waals surface area (Å²) in [5, 5.41) is 12.6. The lowest BCUT2D eigenvalue weighted by atomic mass is 10.1. The molecular formula is C13H18ClN3O3. The molecule has 7 heteroatoms. The highest BCUT2D eigenvalue weighted by atomic mass is 35.5. The van der Waals surface area contributed by atoms with Gasteiger partial charge in [-0.3, -0.25) is 0 Å². The third kappa shape index (κ3) is 3.53. The van der Waals surface area contributed by atoms with Gasteiger partial charge in [0, 0.05) is 25.3 Å². The number of hydrogen-bond acceptors (Lipinski definition) is 5. The Bertz CT molecular complexity index is 510. The second-order valence-corrected chi connectivity index (χ2v) is 5.27. The van der Waals surface area contributed by atoms with Gasteiger partial charge in [-0.1, -0.05) is 11.6 Å². The number of hydrogen-bond donors (Lipinski definition) is 3. The Morgan fingerprint density at radius 3 is 3.05 bits per heavy atom. The molecule has 6 nitrogen and oxygen atoms in total. The minimum absolute atomic E-state index is 0.00372. The zero-order valence-corrected chi connectivity index (χ0v) is 12.0. The molecule has 1 atom stereocenters. The number of morpholine rings is 1. The van der Waals surface area contributed by atoms with Crippen molar-refractivity contribution in [2.24, 2.45) is 0 Å². The maximum atomic E-state index is 11.2. The minimum Gasteiger partial charge on any atom is -0.478 e. The van der Waals surface area contributed by atoms with Gasteiger partial charge in [0.15, 0.2) is 0 Å². The van der Waals surface area contributed by atoms with Crippen molar-refractivity contribution in [2.45, 2.75) is 6.10 Å². The van der Waals surface area contributed by atoms with E-state index in [1.807, 2.05) is 7.05 Å². The summed E-state index contributed by atoms with van der Waals surface area (Å²) >= 11 is 6.07. The van der Waals surface area contributed by atoms with Crippen LogP contribution in [-0.2, 0) is 4.74 Å². The van der Waals surface area contributed by atoms with Crippen molar-refractivity contribution in [3.05, 3.63) is 22.7 Å². The standard InChI is InChI=1S/C13H18ClN3O3/c1-17-2-3-20-9(7-17)6-16-12-10(13(18)19)4-8(15)5-11(12)14/h4-5,9,16H,2-3,6-7,15H2,1H3,(H,18,19). The maximum Gasteiger partial charge on any atom is 0.337 e. The summed E-state index contributed by atoms with van der Waals surface area (Å²) < 4.78 is 5.61. The zero-order chi connectivity index (χ0) is 14.7. The van der Waals surface area contributed by atoms with Crippen molar-refractivity contribution >= 4 is 28.9 Å². The third-order valence-corrected chi connectivity index (χ3v) is 3.49. The van der Waals surface area contributed by atoms with Gasteiger partial charge in [0.2, 0.25) is 0 Å². The number of nitrogen functional groups attached to an aromatic ring is 1. The number of carboxylic acids is 1. The van der Waals surface area contributed by atoms with Gasteiger partial charge in [0.1, 0.15) is 0 Å². The first-order valence-electron chi connectivity index (χ1n) is 6.33. The molecule has 0 aliphatic carbocycles. The van der Waals surface area contributed by atoms with Gasteiger partial charge in [-0.2, -0.15) is 0 Å². The van der Waals surface area contributed by atoms with Gasteiger partial charge in [0.05, 0.1) is 29.0 Å². The molecule has 1 heterocycles. The number of anilines is 2. The van der Waals surface area contributed by atoms with Gasteiger partial charge >= 0.3 is 5.97 Å². The predicted molar refractivity (Wildman–Crippen MR) is 78.6 cm³/mol. The number of halogens is 1. The van der Waals surface area contributed by atoms with Crippen molar-refractivity contribution in [3.8, 4) is 0 Å². The van der Waals surface area contributed by atoms with Crippen LogP contribution >= 0.6 is 11.6 Å². The Hall–Kier alpha value is -1.50. The molecule has 0 spiro atoms. The van der Waals surface area contributed by atoms with E-state index >= 15 is 0 Å². The third-order valence-electron chi connectivity index (χ3n) is 3.19. The van der Waals surface area contributed by atoms with Crippen LogP contribution in [0.15, 0.2) is 12.1 Å². The second kappa shape index (κ2) is 6.30. The molecule has 1 unspecified atom stereocenters. The fraction of sp³-hybridized carbons (Fsp3) is 0.462. The molecule has 1 aliphatic heterocycles. The quantitative estimate of drug-likeness (QED) is 0.728. The normalized spacial score (nSPS) is 19.8. The molecule has 1 saturated heterocycles. The highest BCUT2D eigenvalue weighted by Crippen LogP contribution is 2.29. The molecule has 2 rings (SSSR count). The lowest BCUT2D eigenvalue weighted by Gasteiger charge is -2.30. The van der Waals surface area contributed by atoms with Crippen LogP contribution in [0.25, 0.3) is 0 Å². The van der Waals surface area contributed by atoms with Crippen molar-refractivity contribution in [1.29, 1.82) is 0 Å². The van der Waals surface area contributed by atoms with Gasteiger partial charge in [0.25, 0.3) is 0 Å². The molecule has 20 heavy (non-hydrogen) atoms. The summed E-state index contributed by atoms with van der Waals surface area (Å²) in [6.45, 7) is 2.86. The van der Waals surface area contributed by atoms with E-state index in [0.29, 0.717) is 29.5 Å². The Kier molecular flexibility index (Phi) is 4.69. The average molecular weight is 300 g/mol. The molecule has 0 radical (unpaired) electrons. The number of nitrogens with two attached hydrogens (primary N) is 1. The van der Waals surface area contributed by atoms with Crippen LogP contribution in [0.2, 0.25) is 5.02 Å². The van der Waals surface area contributed by atoms with Crippen LogP contribution in [-0.4, -0.2) is 55.4 Å². The van der Waals surface area contributed by atoms with E-state index < -0.39 is 5.97 Å². The Labute approximate surface area is 122 Å². The lowest BCUT2D eigenvalue weighted by molar-refractivity contribution is -0.0117. The summed E-state index contributed by atoms with van der Waals surface area (Å²) in [4.78, 5) is 13.4. The first-order chi connectivity index (χ1) is 9.47. The molecule has 0 saturated carbocycles. The molecular weight excluding hydrogens is 282 g/mol. The summed E-state index contributed by atoms with van der Waals surface area (Å²) in [6.07, 6.45) is 0.00372. The van der Waals surface area contributed by atoms with Gasteiger partial charge in [-0.05, 0) is 19.2 Å². The maximum absolute atomic E-state index is 11.2. The summed E-state index contributed by atoms with van der Waals surface area (Å²) in [7, 11) is 2.02. The topological polar surface area (TPSA) is 87.8 Å². The van der Waals surface area contributed by atoms with E-state index in [1.54, 1.807) is 0 Å². The molecule has 0 bridgehead atoms. The molecule has 110 valence electrons. The predicted octanol–water partition coefficient (Wildman–Crippen LogP) is 1.36. The first-order valence-corrected chi connectivity index (χ1v) is 6.71. The van der Waals surface area contributed by atoms with E-state index in [-0.39, 0.29) is 11.7 Å². The molecule has 1 aliphatic rings. The Morgan fingerprint density at radius 1 is 1.65 bits per heavy atom. The SMILES string of the molecule is CN1CCOC(CNc2c(Cl)cc(N)cc2C(=O)O)C1. The molecule has 0 amide bonds. The average Bonchev–Trinajstić information content (AvgIpc) is 2.36. The Balaban J connectivity index is 2.10. The van der Waals surface area contributed by atoms with Crippen molar-refractivity contribution in [3.63, 3.8) is 0 Å². The highest BCUT2D eigenvalue weighted by Gasteiger charge is 2.20. The fourth-order valence-corrected chi connectivity index (χ4v) is 2.48. The number of benzene rings is 1. The molecule has 1 fully saturated rings. The van der Waals surface area contributed by atoms with Crippen LogP contribution in [0.5, 0.6) is 0 Å². The van der Waals surface area contributed by atoms with Gasteiger partial charge in [-0.25, -0.2) is 4.79 Å². The number of likely N-dealkylation sites (N-methyl/N-ethyl adjacent to an activating group) is 1. The second-order valence-electron chi connectivity index (χ2n) is 4.87. The summed E-state index contributed by atoms with van der Waals surface area (Å²) in [5.41, 5.74) is 6.39. The fourth-order valence-electron chi connectivity index (χ4n) is 2.18. The number of rotatable bonds is 4. The van der Waals surface area contributed by atoms with Crippen LogP contribution < -0.4 is 11.1 Å². The Morgan fingerprint density at radius 2 is 2.40 bits per heavy atom. The van der Waals surface area contributed by atoms with E-state index in [9.17, 15) is 9.90 Å². The number of carboxylic acid groups (broad SMARTS) is 1. The molecule has 1 aromatic rings. The minimum atomic E-state index is -1.07. The first kappa shape index (κ1) is 14.9. The smallest absolute Gasteiger partial charge is 0.337 e. The van der Waals surface area contributed by atoms with E-state index in [1.165, 1.54) is 12.1 Å². The van der Waals surface area contributed by atoms with Gasteiger partial charge in [-0.15, -0.1) is 0 Å². The van der Waals surface area contributed by atoms with Crippen LogP contribution in [0.1, 0.15) is 10.4 Å². The highest BCUT2D eigenvalue weighted by molar-refractivity contribution is 6.34. The number of ether oxygens (including phenoxy) is 1. The van der Waals surface area contributed by atoms with Crippen molar-refractivity contribution in [2.75, 3.05) is 44.3 Å². The van der Waals surface area contributed by atoms with Crippen molar-refractivity contribution < 1.29 is 14.6 Å². The number of carbonyl (C=O) groups is 1. The number of nitrogens with one attached hydrogen (secondary N) is 1. The van der Waals surface area contributed by atoms with E-state index in [0.717, 1.165) is 13.1 Å².